The number of rotatable bonds is 4. The maximum atomic E-state index is 12.6. The highest BCUT2D eigenvalue weighted by molar-refractivity contribution is 5.94. The van der Waals surface area contributed by atoms with Gasteiger partial charge < -0.3 is 19.6 Å². The van der Waals surface area contributed by atoms with E-state index in [2.05, 4.69) is 14.9 Å². The summed E-state index contributed by atoms with van der Waals surface area (Å²) in [4.78, 5) is 34.2. The molecular weight excluding hydrogens is 393 g/mol. The van der Waals surface area contributed by atoms with Crippen molar-refractivity contribution in [2.75, 3.05) is 46.4 Å². The third-order valence-corrected chi connectivity index (χ3v) is 5.25. The lowest BCUT2D eigenvalue weighted by molar-refractivity contribution is -0.192. The number of hydrogen-bond donors (Lipinski definition) is 1. The second kappa shape index (κ2) is 9.04. The number of carbonyl (C=O) groups excluding carboxylic acids is 1. The van der Waals surface area contributed by atoms with Gasteiger partial charge in [-0.15, -0.1) is 0 Å². The summed E-state index contributed by atoms with van der Waals surface area (Å²) in [5.41, 5.74) is 2.61. The van der Waals surface area contributed by atoms with E-state index in [1.54, 1.807) is 7.11 Å². The molecule has 0 radical (unpaired) electrons. The molecule has 1 spiro atoms. The summed E-state index contributed by atoms with van der Waals surface area (Å²) in [5, 5.41) is 7.12. The van der Waals surface area contributed by atoms with E-state index in [-0.39, 0.29) is 5.91 Å². The van der Waals surface area contributed by atoms with Crippen molar-refractivity contribution in [3.8, 4) is 0 Å². The van der Waals surface area contributed by atoms with Crippen LogP contribution < -0.4 is 0 Å². The van der Waals surface area contributed by atoms with E-state index in [9.17, 15) is 18.0 Å². The van der Waals surface area contributed by atoms with Crippen LogP contribution in [0.3, 0.4) is 0 Å². The van der Waals surface area contributed by atoms with Crippen molar-refractivity contribution in [2.45, 2.75) is 26.4 Å². The first-order valence-electron chi connectivity index (χ1n) is 9.08. The molecule has 0 atom stereocenters. The Balaban J connectivity index is 0.000000370. The van der Waals surface area contributed by atoms with Gasteiger partial charge in [-0.25, -0.2) is 14.8 Å². The molecule has 2 saturated heterocycles. The van der Waals surface area contributed by atoms with E-state index in [4.69, 9.17) is 14.6 Å². The van der Waals surface area contributed by atoms with Gasteiger partial charge in [-0.1, -0.05) is 0 Å². The third kappa shape index (κ3) is 5.63. The highest BCUT2D eigenvalue weighted by atomic mass is 19.4. The minimum atomic E-state index is -5.08. The average molecular weight is 418 g/mol. The Bertz CT molecular complexity index is 751. The monoisotopic (exact) mass is 418 g/mol. The number of carboxylic acids is 1. The molecule has 2 fully saturated rings. The zero-order chi connectivity index (χ0) is 21.8. The molecule has 0 bridgehead atoms. The molecule has 162 valence electrons. The molecule has 0 saturated carbocycles. The number of nitrogens with zero attached hydrogens (tertiary/aromatic N) is 4. The van der Waals surface area contributed by atoms with Gasteiger partial charge in [0.2, 0.25) is 0 Å². The van der Waals surface area contributed by atoms with Crippen molar-refractivity contribution >= 4 is 11.9 Å². The van der Waals surface area contributed by atoms with E-state index in [0.717, 1.165) is 50.6 Å². The maximum absolute atomic E-state index is 12.6. The van der Waals surface area contributed by atoms with Crippen LogP contribution in [0.5, 0.6) is 0 Å². The molecule has 1 N–H and O–H groups in total. The quantitative estimate of drug-likeness (QED) is 0.792. The van der Waals surface area contributed by atoms with E-state index in [1.807, 2.05) is 18.7 Å². The van der Waals surface area contributed by atoms with Gasteiger partial charge in [-0.05, 0) is 26.8 Å². The number of aryl methyl sites for hydroxylation is 1. The molecule has 0 unspecified atom stereocenters. The van der Waals surface area contributed by atoms with Gasteiger partial charge in [0.25, 0.3) is 5.91 Å². The number of aliphatic carboxylic acids is 1. The summed E-state index contributed by atoms with van der Waals surface area (Å²) < 4.78 is 36.9. The van der Waals surface area contributed by atoms with Gasteiger partial charge in [0.15, 0.2) is 0 Å². The van der Waals surface area contributed by atoms with Gasteiger partial charge in [-0.2, -0.15) is 13.2 Å². The largest absolute Gasteiger partial charge is 0.490 e. The lowest BCUT2D eigenvalue weighted by Gasteiger charge is -2.48. The van der Waals surface area contributed by atoms with Gasteiger partial charge in [0, 0.05) is 50.0 Å². The minimum Gasteiger partial charge on any atom is -0.475 e. The summed E-state index contributed by atoms with van der Waals surface area (Å²) in [7, 11) is 1.74. The van der Waals surface area contributed by atoms with Crippen LogP contribution >= 0.6 is 0 Å². The van der Waals surface area contributed by atoms with Crippen LogP contribution in [0.25, 0.3) is 0 Å². The Hall–Kier alpha value is -2.27. The van der Waals surface area contributed by atoms with Crippen LogP contribution in [0.4, 0.5) is 13.2 Å². The van der Waals surface area contributed by atoms with E-state index in [0.29, 0.717) is 11.1 Å². The number of ether oxygens (including phenoxy) is 1. The predicted octanol–water partition coefficient (Wildman–Crippen LogP) is 1.52. The maximum Gasteiger partial charge on any atom is 0.490 e. The van der Waals surface area contributed by atoms with Crippen molar-refractivity contribution in [1.82, 2.24) is 19.8 Å². The van der Waals surface area contributed by atoms with Crippen LogP contribution in [0.2, 0.25) is 0 Å². The first-order valence-corrected chi connectivity index (χ1v) is 9.08. The van der Waals surface area contributed by atoms with Crippen LogP contribution in [-0.4, -0.2) is 89.4 Å². The number of alkyl halides is 3. The number of carboxylic acid groups (broad SMARTS) is 1. The molecule has 2 aliphatic rings. The molecule has 29 heavy (non-hydrogen) atoms. The first kappa shape index (κ1) is 23.0. The zero-order valence-electron chi connectivity index (χ0n) is 16.6. The predicted molar refractivity (Wildman–Crippen MR) is 96.5 cm³/mol. The Labute approximate surface area is 166 Å². The number of likely N-dealkylation sites (tertiary alicyclic amines) is 2. The number of aromatic nitrogens is 2. The molecule has 8 nitrogen and oxygen atoms in total. The van der Waals surface area contributed by atoms with E-state index in [1.165, 1.54) is 12.7 Å². The second-order valence-electron chi connectivity index (χ2n) is 7.42. The molecule has 3 heterocycles. The average Bonchev–Trinajstić information content (AvgIpc) is 3.05. The smallest absolute Gasteiger partial charge is 0.475 e. The Morgan fingerprint density at radius 2 is 1.86 bits per heavy atom. The van der Waals surface area contributed by atoms with E-state index >= 15 is 0 Å². The number of amides is 1. The van der Waals surface area contributed by atoms with Crippen LogP contribution in [0, 0.1) is 19.3 Å². The highest BCUT2D eigenvalue weighted by Crippen LogP contribution is 2.40. The molecule has 1 amide bonds. The third-order valence-electron chi connectivity index (χ3n) is 5.25. The summed E-state index contributed by atoms with van der Waals surface area (Å²) in [6.45, 7) is 9.46. The number of methoxy groups -OCH3 is 1. The lowest BCUT2D eigenvalue weighted by atomic mass is 9.79. The first-order chi connectivity index (χ1) is 13.5. The van der Waals surface area contributed by atoms with Crippen molar-refractivity contribution in [1.29, 1.82) is 0 Å². The number of hydrogen-bond acceptors (Lipinski definition) is 6. The summed E-state index contributed by atoms with van der Waals surface area (Å²) >= 11 is 0. The standard InChI is InChI=1S/C16H24N4O2.C2HF3O2/c1-12-13(2)17-11-18-14(12)15(21)20-9-16(10-20)4-5-19(8-16)6-7-22-3;3-2(4,5)1(6)7/h11H,4-10H2,1-3H3;(H,6,7). The number of halogens is 3. The van der Waals surface area contributed by atoms with Gasteiger partial charge in [0.05, 0.1) is 6.61 Å². The molecule has 2 aliphatic heterocycles. The van der Waals surface area contributed by atoms with Gasteiger partial charge in [-0.3, -0.25) is 4.79 Å². The molecular formula is C18H25F3N4O4. The van der Waals surface area contributed by atoms with Crippen molar-refractivity contribution < 1.29 is 32.6 Å². The van der Waals surface area contributed by atoms with Crippen LogP contribution in [-0.2, 0) is 9.53 Å². The van der Waals surface area contributed by atoms with Crippen LogP contribution in [0.15, 0.2) is 6.33 Å². The SMILES string of the molecule is COCCN1CCC2(C1)CN(C(=O)c1ncnc(C)c1C)C2.O=C(O)C(F)(F)F. The Kier molecular flexibility index (Phi) is 7.17. The fourth-order valence-electron chi connectivity index (χ4n) is 3.51. The van der Waals surface area contributed by atoms with Crippen LogP contribution in [0.1, 0.15) is 28.2 Å². The second-order valence-corrected chi connectivity index (χ2v) is 7.42. The topological polar surface area (TPSA) is 95.9 Å². The molecule has 1 aromatic heterocycles. The number of carbonyl (C=O) groups is 2. The lowest BCUT2D eigenvalue weighted by Crippen LogP contribution is -2.59. The fourth-order valence-corrected chi connectivity index (χ4v) is 3.51. The Morgan fingerprint density at radius 1 is 1.24 bits per heavy atom. The summed E-state index contributed by atoms with van der Waals surface area (Å²) in [5.74, 6) is -2.71. The molecule has 1 aromatic rings. The Morgan fingerprint density at radius 3 is 2.41 bits per heavy atom. The minimum absolute atomic E-state index is 0.0453. The van der Waals surface area contributed by atoms with Gasteiger partial charge in [0.1, 0.15) is 12.0 Å². The molecule has 0 aromatic carbocycles. The molecule has 0 aliphatic carbocycles. The fraction of sp³-hybridized carbons (Fsp3) is 0.667. The molecule has 3 rings (SSSR count). The van der Waals surface area contributed by atoms with Crippen molar-refractivity contribution in [2.24, 2.45) is 5.41 Å². The normalized spacial score (nSPS) is 18.2. The zero-order valence-corrected chi connectivity index (χ0v) is 16.6. The molecule has 11 heteroatoms. The van der Waals surface area contributed by atoms with Gasteiger partial charge >= 0.3 is 12.1 Å². The summed E-state index contributed by atoms with van der Waals surface area (Å²) in [6.07, 6.45) is -2.44. The summed E-state index contributed by atoms with van der Waals surface area (Å²) in [6, 6.07) is 0. The van der Waals surface area contributed by atoms with Crippen molar-refractivity contribution in [3.05, 3.63) is 23.3 Å². The van der Waals surface area contributed by atoms with Crippen molar-refractivity contribution in [3.63, 3.8) is 0 Å². The van der Waals surface area contributed by atoms with E-state index < -0.39 is 12.1 Å². The highest BCUT2D eigenvalue weighted by Gasteiger charge is 2.49.